The molecule has 0 aliphatic heterocycles. The van der Waals surface area contributed by atoms with Crippen LogP contribution >= 0.6 is 0 Å². The van der Waals surface area contributed by atoms with E-state index in [2.05, 4.69) is 42.9 Å². The van der Waals surface area contributed by atoms with Crippen molar-refractivity contribution in [2.45, 2.75) is 142 Å². The average molecular weight is 389 g/mol. The number of nitrogens with zero attached hydrogens (tertiary/aromatic N) is 1. The highest BCUT2D eigenvalue weighted by Crippen LogP contribution is 2.12. The molecule has 0 saturated carbocycles. The fourth-order valence-electron chi connectivity index (χ4n) is 4.11. The van der Waals surface area contributed by atoms with E-state index in [-0.39, 0.29) is 0 Å². The fourth-order valence-corrected chi connectivity index (χ4v) is 4.11. The molecule has 1 heteroatoms. The predicted octanol–water partition coefficient (Wildman–Crippen LogP) is 8.58. The first kappa shape index (κ1) is 25.2. The Bertz CT molecular complexity index is 440. The van der Waals surface area contributed by atoms with Crippen LogP contribution in [0.2, 0.25) is 0 Å². The van der Waals surface area contributed by atoms with Crippen LogP contribution < -0.4 is 4.57 Å². The summed E-state index contributed by atoms with van der Waals surface area (Å²) in [5.74, 6) is 0. The molecule has 0 aliphatic rings. The van der Waals surface area contributed by atoms with Crippen LogP contribution in [0, 0.1) is 0 Å². The SMILES string of the molecule is CCCCCCCCCCCCC[n+]1cccc(CCCCCCCCC)c1. The number of aromatic nitrogens is 1. The average Bonchev–Trinajstić information content (AvgIpc) is 2.72. The Labute approximate surface area is 177 Å². The van der Waals surface area contributed by atoms with Gasteiger partial charge in [0.15, 0.2) is 12.4 Å². The van der Waals surface area contributed by atoms with Crippen LogP contribution in [0.1, 0.15) is 135 Å². The Balaban J connectivity index is 1.98. The molecule has 0 bridgehead atoms. The van der Waals surface area contributed by atoms with Crippen molar-refractivity contribution < 1.29 is 4.57 Å². The van der Waals surface area contributed by atoms with Gasteiger partial charge in [0.2, 0.25) is 0 Å². The normalized spacial score (nSPS) is 11.2. The van der Waals surface area contributed by atoms with E-state index in [9.17, 15) is 0 Å². The minimum absolute atomic E-state index is 1.20. The smallest absolute Gasteiger partial charge is 0.171 e. The Kier molecular flexibility index (Phi) is 17.5. The summed E-state index contributed by atoms with van der Waals surface area (Å²) in [6.45, 7) is 5.79. The van der Waals surface area contributed by atoms with Crippen molar-refractivity contribution in [3.63, 3.8) is 0 Å². The quantitative estimate of drug-likeness (QED) is 0.155. The highest BCUT2D eigenvalue weighted by Gasteiger charge is 2.03. The lowest BCUT2D eigenvalue weighted by atomic mass is 10.1. The first-order valence-electron chi connectivity index (χ1n) is 12.8. The molecule has 0 saturated heterocycles. The Hall–Kier alpha value is -0.850. The summed E-state index contributed by atoms with van der Waals surface area (Å²) in [5.41, 5.74) is 1.53. The number of hydrogen-bond acceptors (Lipinski definition) is 0. The molecule has 0 atom stereocenters. The second-order valence-corrected chi connectivity index (χ2v) is 8.86. The van der Waals surface area contributed by atoms with Crippen LogP contribution in [0.25, 0.3) is 0 Å². The van der Waals surface area contributed by atoms with Gasteiger partial charge in [0, 0.05) is 18.1 Å². The van der Waals surface area contributed by atoms with E-state index in [4.69, 9.17) is 0 Å². The number of hydrogen-bond donors (Lipinski definition) is 0. The van der Waals surface area contributed by atoms with Crippen LogP contribution in [0.5, 0.6) is 0 Å². The van der Waals surface area contributed by atoms with Crippen LogP contribution in [0.3, 0.4) is 0 Å². The van der Waals surface area contributed by atoms with Gasteiger partial charge in [-0.15, -0.1) is 0 Å². The zero-order valence-electron chi connectivity index (χ0n) is 19.4. The maximum Gasteiger partial charge on any atom is 0.171 e. The van der Waals surface area contributed by atoms with Gasteiger partial charge in [0.05, 0.1) is 0 Å². The number of aryl methyl sites for hydroxylation is 2. The minimum atomic E-state index is 1.20. The third-order valence-corrected chi connectivity index (χ3v) is 6.01. The van der Waals surface area contributed by atoms with Crippen LogP contribution in [0.15, 0.2) is 24.5 Å². The van der Waals surface area contributed by atoms with E-state index in [1.54, 1.807) is 0 Å². The highest BCUT2D eigenvalue weighted by molar-refractivity contribution is 5.05. The summed E-state index contributed by atoms with van der Waals surface area (Å²) >= 11 is 0. The Morgan fingerprint density at radius 3 is 1.57 bits per heavy atom. The van der Waals surface area contributed by atoms with E-state index in [0.717, 1.165) is 0 Å². The van der Waals surface area contributed by atoms with E-state index in [1.165, 1.54) is 134 Å². The van der Waals surface area contributed by atoms with Crippen molar-refractivity contribution in [3.05, 3.63) is 30.1 Å². The third kappa shape index (κ3) is 15.1. The van der Waals surface area contributed by atoms with E-state index >= 15 is 0 Å². The molecule has 0 aromatic carbocycles. The van der Waals surface area contributed by atoms with Crippen LogP contribution in [-0.4, -0.2) is 0 Å². The first-order valence-corrected chi connectivity index (χ1v) is 12.8. The monoisotopic (exact) mass is 388 g/mol. The third-order valence-electron chi connectivity index (χ3n) is 6.01. The second kappa shape index (κ2) is 19.5. The molecular formula is C27H50N+. The Morgan fingerprint density at radius 2 is 1.04 bits per heavy atom. The molecular weight excluding hydrogens is 338 g/mol. The lowest BCUT2D eigenvalue weighted by Gasteiger charge is -2.03. The van der Waals surface area contributed by atoms with Gasteiger partial charge in [-0.1, -0.05) is 110 Å². The molecule has 0 fully saturated rings. The van der Waals surface area contributed by atoms with Crippen molar-refractivity contribution in [2.24, 2.45) is 0 Å². The molecule has 0 spiro atoms. The van der Waals surface area contributed by atoms with Gasteiger partial charge in [-0.3, -0.25) is 0 Å². The summed E-state index contributed by atoms with van der Waals surface area (Å²) < 4.78 is 2.42. The van der Waals surface area contributed by atoms with Gasteiger partial charge >= 0.3 is 0 Å². The van der Waals surface area contributed by atoms with E-state index in [1.807, 2.05) is 0 Å². The highest BCUT2D eigenvalue weighted by atomic mass is 14.9. The lowest BCUT2D eigenvalue weighted by Crippen LogP contribution is -2.33. The zero-order valence-corrected chi connectivity index (χ0v) is 19.4. The van der Waals surface area contributed by atoms with Crippen LogP contribution in [-0.2, 0) is 13.0 Å². The maximum atomic E-state index is 2.42. The van der Waals surface area contributed by atoms with Gasteiger partial charge in [-0.25, -0.2) is 4.57 Å². The standard InChI is InChI=1S/C27H50N/c1-3-5-7-9-11-12-13-14-16-18-20-24-28-25-21-23-27(26-28)22-19-17-15-10-8-6-4-2/h21,23,25-26H,3-20,22,24H2,1-2H3/q+1. The molecule has 0 N–H and O–H groups in total. The van der Waals surface area contributed by atoms with E-state index in [0.29, 0.717) is 0 Å². The molecule has 0 amide bonds. The first-order chi connectivity index (χ1) is 13.9. The van der Waals surface area contributed by atoms with Crippen molar-refractivity contribution in [1.82, 2.24) is 0 Å². The number of pyridine rings is 1. The molecule has 1 heterocycles. The molecule has 0 unspecified atom stereocenters. The van der Waals surface area contributed by atoms with Crippen molar-refractivity contribution in [3.8, 4) is 0 Å². The molecule has 1 aromatic heterocycles. The molecule has 1 nitrogen and oxygen atoms in total. The molecule has 0 aliphatic carbocycles. The summed E-state index contributed by atoms with van der Waals surface area (Å²) in [4.78, 5) is 0. The van der Waals surface area contributed by atoms with E-state index < -0.39 is 0 Å². The van der Waals surface area contributed by atoms with Gasteiger partial charge in [0.1, 0.15) is 6.54 Å². The van der Waals surface area contributed by atoms with Crippen molar-refractivity contribution in [1.29, 1.82) is 0 Å². The number of rotatable bonds is 20. The minimum Gasteiger partial charge on any atom is -0.205 e. The van der Waals surface area contributed by atoms with Gasteiger partial charge < -0.3 is 0 Å². The van der Waals surface area contributed by atoms with Crippen molar-refractivity contribution >= 4 is 0 Å². The lowest BCUT2D eigenvalue weighted by molar-refractivity contribution is -0.697. The second-order valence-electron chi connectivity index (χ2n) is 8.86. The van der Waals surface area contributed by atoms with Gasteiger partial charge in [-0.2, -0.15) is 0 Å². The molecule has 1 rings (SSSR count). The maximum absolute atomic E-state index is 2.42. The summed E-state index contributed by atoms with van der Waals surface area (Å²) in [6.07, 6.45) is 31.4. The molecule has 28 heavy (non-hydrogen) atoms. The fraction of sp³-hybridized carbons (Fsp3) is 0.815. The van der Waals surface area contributed by atoms with Gasteiger partial charge in [-0.05, 0) is 25.3 Å². The van der Waals surface area contributed by atoms with Crippen molar-refractivity contribution in [2.75, 3.05) is 0 Å². The summed E-state index contributed by atoms with van der Waals surface area (Å²) in [7, 11) is 0. The van der Waals surface area contributed by atoms with Crippen LogP contribution in [0.4, 0.5) is 0 Å². The summed E-state index contributed by atoms with van der Waals surface area (Å²) in [5, 5.41) is 0. The summed E-state index contributed by atoms with van der Waals surface area (Å²) in [6, 6.07) is 4.56. The number of unbranched alkanes of at least 4 members (excludes halogenated alkanes) is 16. The Morgan fingerprint density at radius 1 is 0.571 bits per heavy atom. The molecule has 162 valence electrons. The largest absolute Gasteiger partial charge is 0.205 e. The molecule has 1 aromatic rings. The topological polar surface area (TPSA) is 3.88 Å². The van der Waals surface area contributed by atoms with Gasteiger partial charge in [0.25, 0.3) is 0 Å². The molecule has 0 radical (unpaired) electrons. The predicted molar refractivity (Wildman–Crippen MR) is 125 cm³/mol. The zero-order chi connectivity index (χ0) is 20.1.